The molecule has 3 heteroatoms. The molecule has 0 fully saturated rings. The maximum atomic E-state index is 2.48. The van der Waals surface area contributed by atoms with E-state index in [-0.39, 0.29) is 20.4 Å². The van der Waals surface area contributed by atoms with Crippen molar-refractivity contribution in [3.63, 3.8) is 0 Å². The second-order valence-electron chi connectivity index (χ2n) is 8.65. The van der Waals surface area contributed by atoms with Crippen molar-refractivity contribution >= 4 is 75.5 Å². The minimum atomic E-state index is -0.0852. The van der Waals surface area contributed by atoms with Crippen LogP contribution in [0.5, 0.6) is 0 Å². The Morgan fingerprint density at radius 3 is 2.39 bits per heavy atom. The Kier molecular flexibility index (Phi) is 7.39. The van der Waals surface area contributed by atoms with Gasteiger partial charge in [0.05, 0.1) is 0 Å². The van der Waals surface area contributed by atoms with Gasteiger partial charge < -0.3 is 0 Å². The SMILES string of the molecule is CCCCCCCCCCc1ccc(-c2cc3cc4cc5[te]ccc5cc4cc3[se]2)s1. The molecule has 0 saturated heterocycles. The topological polar surface area (TPSA) is 0 Å². The van der Waals surface area contributed by atoms with Crippen LogP contribution in [0.1, 0.15) is 63.2 Å². The molecule has 0 spiro atoms. The van der Waals surface area contributed by atoms with Gasteiger partial charge >= 0.3 is 194 Å². The summed E-state index contributed by atoms with van der Waals surface area (Å²) in [4.78, 5) is 3.08. The summed E-state index contributed by atoms with van der Waals surface area (Å²) in [5, 5.41) is 5.79. The van der Waals surface area contributed by atoms with Gasteiger partial charge in [-0.3, -0.25) is 0 Å². The van der Waals surface area contributed by atoms with E-state index in [1.165, 1.54) is 84.2 Å². The van der Waals surface area contributed by atoms with E-state index in [1.54, 1.807) is 17.0 Å². The third kappa shape index (κ3) is 5.24. The molecule has 2 aromatic carbocycles. The second kappa shape index (κ2) is 10.4. The van der Waals surface area contributed by atoms with Crippen LogP contribution >= 0.6 is 11.3 Å². The van der Waals surface area contributed by atoms with Crippen LogP contribution in [0.3, 0.4) is 0 Å². The molecule has 0 aliphatic rings. The van der Waals surface area contributed by atoms with Crippen molar-refractivity contribution in [2.24, 2.45) is 0 Å². The van der Waals surface area contributed by atoms with Gasteiger partial charge in [-0.25, -0.2) is 0 Å². The summed E-state index contributed by atoms with van der Waals surface area (Å²) in [7, 11) is 0. The van der Waals surface area contributed by atoms with Crippen LogP contribution < -0.4 is 0 Å². The number of fused-ring (bicyclic) bond motifs is 3. The zero-order chi connectivity index (χ0) is 21.0. The van der Waals surface area contributed by atoms with Crippen molar-refractivity contribution in [2.45, 2.75) is 64.7 Å². The van der Waals surface area contributed by atoms with E-state index in [0.717, 1.165) is 0 Å². The fourth-order valence-electron chi connectivity index (χ4n) is 4.45. The monoisotopic (exact) mass is 608 g/mol. The molecule has 160 valence electrons. The Bertz CT molecular complexity index is 1220. The van der Waals surface area contributed by atoms with Crippen molar-refractivity contribution in [1.29, 1.82) is 0 Å². The van der Waals surface area contributed by atoms with Crippen LogP contribution in [-0.4, -0.2) is 34.9 Å². The van der Waals surface area contributed by atoms with E-state index >= 15 is 0 Å². The average Bonchev–Trinajstić information content (AvgIpc) is 3.51. The van der Waals surface area contributed by atoms with Crippen molar-refractivity contribution in [1.82, 2.24) is 0 Å². The number of hydrogen-bond donors (Lipinski definition) is 0. The van der Waals surface area contributed by atoms with Gasteiger partial charge in [-0.15, -0.1) is 0 Å². The molecule has 5 rings (SSSR count). The standard InChI is InChI=1S/C28H30SSeTe/c1-2-3-4-5-6-7-8-9-10-24-11-12-25(29-24)27-18-23-16-22-19-28-20(13-14-31-28)15-21(22)17-26(23)30-27/h11-19H,2-10H2,1H3. The van der Waals surface area contributed by atoms with Gasteiger partial charge in [-0.1, -0.05) is 13.3 Å². The fraction of sp³-hybridized carbons (Fsp3) is 0.357. The number of hydrogen-bond acceptors (Lipinski definition) is 1. The van der Waals surface area contributed by atoms with Gasteiger partial charge in [0, 0.05) is 0 Å². The first-order chi connectivity index (χ1) is 15.3. The number of aryl methyl sites for hydroxylation is 1. The normalized spacial score (nSPS) is 11.9. The average molecular weight is 605 g/mol. The van der Waals surface area contributed by atoms with Gasteiger partial charge in [0.25, 0.3) is 0 Å². The summed E-state index contributed by atoms with van der Waals surface area (Å²) >= 11 is 2.39. The van der Waals surface area contributed by atoms with Gasteiger partial charge in [0.1, 0.15) is 0 Å². The van der Waals surface area contributed by atoms with Gasteiger partial charge in [-0.05, 0) is 0 Å². The molecular formula is C28H30SSeTe. The third-order valence-corrected chi connectivity index (χ3v) is 12.6. The number of thiophene rings is 1. The summed E-state index contributed by atoms with van der Waals surface area (Å²) in [6, 6.07) is 19.4. The molecule has 31 heavy (non-hydrogen) atoms. The van der Waals surface area contributed by atoms with E-state index < -0.39 is 0 Å². The van der Waals surface area contributed by atoms with Crippen LogP contribution in [0, 0.1) is 0 Å². The Morgan fingerprint density at radius 2 is 1.52 bits per heavy atom. The van der Waals surface area contributed by atoms with Crippen LogP contribution in [0.25, 0.3) is 38.5 Å². The van der Waals surface area contributed by atoms with Gasteiger partial charge in [0.15, 0.2) is 0 Å². The third-order valence-electron chi connectivity index (χ3n) is 6.23. The van der Waals surface area contributed by atoms with Crippen LogP contribution in [0.4, 0.5) is 0 Å². The van der Waals surface area contributed by atoms with Crippen LogP contribution in [0.2, 0.25) is 0 Å². The maximum absolute atomic E-state index is 2.48. The molecule has 3 heterocycles. The molecule has 0 unspecified atom stereocenters. The van der Waals surface area contributed by atoms with Gasteiger partial charge in [0.2, 0.25) is 0 Å². The van der Waals surface area contributed by atoms with E-state index in [4.69, 9.17) is 0 Å². The molecule has 5 aromatic rings. The predicted molar refractivity (Wildman–Crippen MR) is 142 cm³/mol. The van der Waals surface area contributed by atoms with E-state index in [1.807, 2.05) is 11.3 Å². The van der Waals surface area contributed by atoms with Crippen molar-refractivity contribution in [3.8, 4) is 9.31 Å². The Hall–Kier alpha value is -0.811. The Balaban J connectivity index is 1.24. The zero-order valence-electron chi connectivity index (χ0n) is 18.3. The second-order valence-corrected chi connectivity index (χ2v) is 14.8. The zero-order valence-corrected chi connectivity index (χ0v) is 23.1. The van der Waals surface area contributed by atoms with Crippen molar-refractivity contribution in [3.05, 3.63) is 57.5 Å². The summed E-state index contributed by atoms with van der Waals surface area (Å²) < 4.78 is 7.15. The van der Waals surface area contributed by atoms with E-state index in [0.29, 0.717) is 14.5 Å². The molecule has 0 atom stereocenters. The first-order valence-corrected chi connectivity index (χ1v) is 16.8. The fourth-order valence-corrected chi connectivity index (χ4v) is 10.3. The molecule has 0 N–H and O–H groups in total. The molecule has 0 aliphatic heterocycles. The van der Waals surface area contributed by atoms with Crippen molar-refractivity contribution in [2.75, 3.05) is 0 Å². The molecule has 0 saturated carbocycles. The van der Waals surface area contributed by atoms with E-state index in [9.17, 15) is 0 Å². The Morgan fingerprint density at radius 1 is 0.742 bits per heavy atom. The predicted octanol–water partition coefficient (Wildman–Crippen LogP) is 8.67. The Labute approximate surface area is 205 Å². The van der Waals surface area contributed by atoms with E-state index in [2.05, 4.69) is 59.5 Å². The molecule has 0 bridgehead atoms. The van der Waals surface area contributed by atoms with Crippen molar-refractivity contribution < 1.29 is 0 Å². The summed E-state index contributed by atoms with van der Waals surface area (Å²) in [6.45, 7) is 2.29. The molecule has 0 nitrogen and oxygen atoms in total. The molecular weight excluding hydrogens is 575 g/mol. The molecule has 0 amide bonds. The molecule has 0 aliphatic carbocycles. The number of unbranched alkanes of at least 4 members (excludes halogenated alkanes) is 7. The quantitative estimate of drug-likeness (QED) is 0.111. The summed E-state index contributed by atoms with van der Waals surface area (Å²) in [5.74, 6) is 0. The van der Waals surface area contributed by atoms with Gasteiger partial charge in [-0.2, -0.15) is 0 Å². The minimum absolute atomic E-state index is 0.0852. The van der Waals surface area contributed by atoms with Crippen LogP contribution in [0.15, 0.2) is 52.6 Å². The number of benzene rings is 2. The number of rotatable bonds is 10. The summed E-state index contributed by atoms with van der Waals surface area (Å²) in [5.41, 5.74) is 0. The first kappa shape index (κ1) is 22.0. The van der Waals surface area contributed by atoms with Crippen LogP contribution in [-0.2, 0) is 6.42 Å². The summed E-state index contributed by atoms with van der Waals surface area (Å²) in [6.07, 6.45) is 12.5. The first-order valence-electron chi connectivity index (χ1n) is 11.7. The molecule has 0 radical (unpaired) electrons. The molecule has 3 aromatic heterocycles.